The summed E-state index contributed by atoms with van der Waals surface area (Å²) in [5.41, 5.74) is 0. The average Bonchev–Trinajstić information content (AvgIpc) is 2.27. The molecule has 0 aromatic heterocycles. The summed E-state index contributed by atoms with van der Waals surface area (Å²) < 4.78 is 35.1. The molecule has 0 amide bonds. The molecule has 5 nitrogen and oxygen atoms in total. The molecule has 1 aromatic rings. The number of carbonyl (C=O) groups excluding carboxylic acids is 1. The summed E-state index contributed by atoms with van der Waals surface area (Å²) in [6.07, 6.45) is 0.434. The molecular weight excluding hydrogens is 268 g/mol. The number of ether oxygens (including phenoxy) is 1. The molecule has 0 aliphatic rings. The summed E-state index contributed by atoms with van der Waals surface area (Å²) in [6, 6.07) is 4.79. The van der Waals surface area contributed by atoms with Gasteiger partial charge in [0, 0.05) is 0 Å². The lowest BCUT2D eigenvalue weighted by Crippen LogP contribution is -2.19. The molecule has 1 aromatic carbocycles. The first-order valence-electron chi connectivity index (χ1n) is 4.78. The maximum absolute atomic E-state index is 11.3. The minimum absolute atomic E-state index is 0.168. The molecule has 0 radical (unpaired) electrons. The van der Waals surface area contributed by atoms with Crippen LogP contribution >= 0.6 is 11.6 Å². The van der Waals surface area contributed by atoms with Gasteiger partial charge in [-0.15, -0.1) is 11.6 Å². The topological polar surface area (TPSA) is 80.7 Å². The molecule has 1 atom stereocenters. The van der Waals surface area contributed by atoms with E-state index in [0.717, 1.165) is 12.1 Å². The molecule has 0 aliphatic heterocycles. The summed E-state index contributed by atoms with van der Waals surface area (Å²) in [4.78, 5) is 11.0. The van der Waals surface area contributed by atoms with Crippen molar-refractivity contribution in [3.05, 3.63) is 24.3 Å². The molecule has 1 unspecified atom stereocenters. The highest BCUT2D eigenvalue weighted by Gasteiger charge is 2.16. The molecule has 0 aliphatic carbocycles. The van der Waals surface area contributed by atoms with Crippen LogP contribution in [0.3, 0.4) is 0 Å². The lowest BCUT2D eigenvalue weighted by Gasteiger charge is -2.07. The third-order valence-electron chi connectivity index (χ3n) is 1.95. The number of alkyl halides is 1. The van der Waals surface area contributed by atoms with Crippen molar-refractivity contribution < 1.29 is 22.5 Å². The molecule has 94 valence electrons. The molecular formula is C10H11ClO5S. The van der Waals surface area contributed by atoms with Crippen LogP contribution in [0.5, 0.6) is 5.75 Å². The summed E-state index contributed by atoms with van der Waals surface area (Å²) >= 11 is 5.66. The minimum Gasteiger partial charge on any atom is -0.425 e. The first kappa shape index (κ1) is 14.0. The van der Waals surface area contributed by atoms with E-state index in [1.54, 1.807) is 6.92 Å². The highest BCUT2D eigenvalue weighted by atomic mass is 35.5. The lowest BCUT2D eigenvalue weighted by molar-refractivity contribution is -0.134. The van der Waals surface area contributed by atoms with Gasteiger partial charge in [-0.25, -0.2) is 0 Å². The van der Waals surface area contributed by atoms with Gasteiger partial charge in [0.25, 0.3) is 10.1 Å². The van der Waals surface area contributed by atoms with Crippen LogP contribution in [0.15, 0.2) is 29.2 Å². The van der Waals surface area contributed by atoms with Crippen LogP contribution in [0, 0.1) is 0 Å². The van der Waals surface area contributed by atoms with Gasteiger partial charge in [-0.3, -0.25) is 9.35 Å². The predicted molar refractivity (Wildman–Crippen MR) is 61.8 cm³/mol. The lowest BCUT2D eigenvalue weighted by atomic mass is 10.3. The van der Waals surface area contributed by atoms with Gasteiger partial charge < -0.3 is 4.74 Å². The van der Waals surface area contributed by atoms with Gasteiger partial charge in [-0.2, -0.15) is 8.42 Å². The van der Waals surface area contributed by atoms with Crippen LogP contribution in [0.1, 0.15) is 13.3 Å². The van der Waals surface area contributed by atoms with E-state index in [0.29, 0.717) is 6.42 Å². The summed E-state index contributed by atoms with van der Waals surface area (Å²) in [7, 11) is -4.24. The monoisotopic (exact) mass is 278 g/mol. The fourth-order valence-electron chi connectivity index (χ4n) is 1.03. The second-order valence-corrected chi connectivity index (χ2v) is 5.19. The third-order valence-corrected chi connectivity index (χ3v) is 3.31. The van der Waals surface area contributed by atoms with Gasteiger partial charge in [0.05, 0.1) is 4.90 Å². The minimum atomic E-state index is -4.24. The maximum atomic E-state index is 11.3. The van der Waals surface area contributed by atoms with Crippen molar-refractivity contribution in [2.75, 3.05) is 0 Å². The summed E-state index contributed by atoms with van der Waals surface area (Å²) in [5, 5.41) is -0.740. The first-order valence-corrected chi connectivity index (χ1v) is 6.65. The van der Waals surface area contributed by atoms with Crippen LogP contribution in [0.4, 0.5) is 0 Å². The zero-order valence-corrected chi connectivity index (χ0v) is 10.5. The smallest absolute Gasteiger partial charge is 0.329 e. The van der Waals surface area contributed by atoms with Gasteiger partial charge in [0.1, 0.15) is 11.1 Å². The second-order valence-electron chi connectivity index (χ2n) is 3.24. The van der Waals surface area contributed by atoms with Crippen molar-refractivity contribution >= 4 is 27.7 Å². The molecule has 17 heavy (non-hydrogen) atoms. The van der Waals surface area contributed by atoms with Crippen molar-refractivity contribution in [3.63, 3.8) is 0 Å². The molecule has 1 N–H and O–H groups in total. The van der Waals surface area contributed by atoms with E-state index >= 15 is 0 Å². The number of rotatable bonds is 4. The van der Waals surface area contributed by atoms with Gasteiger partial charge in [0.15, 0.2) is 0 Å². The Kier molecular flexibility index (Phi) is 4.50. The van der Waals surface area contributed by atoms with Crippen molar-refractivity contribution in [2.24, 2.45) is 0 Å². The predicted octanol–water partition coefficient (Wildman–Crippen LogP) is 1.86. The summed E-state index contributed by atoms with van der Waals surface area (Å²) in [6.45, 7) is 1.74. The Morgan fingerprint density at radius 1 is 1.41 bits per heavy atom. The van der Waals surface area contributed by atoms with Crippen molar-refractivity contribution in [1.29, 1.82) is 0 Å². The van der Waals surface area contributed by atoms with E-state index in [-0.39, 0.29) is 10.6 Å². The van der Waals surface area contributed by atoms with E-state index in [2.05, 4.69) is 0 Å². The fourth-order valence-corrected chi connectivity index (χ4v) is 1.55. The van der Waals surface area contributed by atoms with E-state index < -0.39 is 21.5 Å². The number of halogens is 1. The molecule has 1 rings (SSSR count). The van der Waals surface area contributed by atoms with Gasteiger partial charge in [-0.05, 0) is 30.7 Å². The number of hydrogen-bond donors (Lipinski definition) is 1. The Hall–Kier alpha value is -1.11. The highest BCUT2D eigenvalue weighted by Crippen LogP contribution is 2.17. The molecule has 7 heteroatoms. The Balaban J connectivity index is 2.79. The molecule has 0 fully saturated rings. The molecule has 0 heterocycles. The Morgan fingerprint density at radius 2 is 1.94 bits per heavy atom. The molecule has 0 bridgehead atoms. The van der Waals surface area contributed by atoms with E-state index in [4.69, 9.17) is 20.9 Å². The largest absolute Gasteiger partial charge is 0.425 e. The van der Waals surface area contributed by atoms with Crippen molar-refractivity contribution in [1.82, 2.24) is 0 Å². The fraction of sp³-hybridized carbons (Fsp3) is 0.300. The number of hydrogen-bond acceptors (Lipinski definition) is 4. The SMILES string of the molecule is CCC(Cl)C(=O)Oc1ccc(S(=O)(=O)O)cc1. The van der Waals surface area contributed by atoms with E-state index in [1.165, 1.54) is 12.1 Å². The molecule has 0 saturated heterocycles. The Labute approximate surface area is 104 Å². The van der Waals surface area contributed by atoms with Crippen molar-refractivity contribution in [2.45, 2.75) is 23.6 Å². The average molecular weight is 279 g/mol. The van der Waals surface area contributed by atoms with Gasteiger partial charge in [0.2, 0.25) is 0 Å². The normalized spacial score (nSPS) is 13.1. The van der Waals surface area contributed by atoms with Crippen LogP contribution in [0.2, 0.25) is 0 Å². The highest BCUT2D eigenvalue weighted by molar-refractivity contribution is 7.85. The second kappa shape index (κ2) is 5.48. The first-order chi connectivity index (χ1) is 7.84. The van der Waals surface area contributed by atoms with E-state index in [1.807, 2.05) is 0 Å². The standard InChI is InChI=1S/C10H11ClO5S/c1-2-9(11)10(12)16-7-3-5-8(6-4-7)17(13,14)15/h3-6,9H,2H2,1H3,(H,13,14,15). The molecule has 0 spiro atoms. The van der Waals surface area contributed by atoms with E-state index in [9.17, 15) is 13.2 Å². The zero-order chi connectivity index (χ0) is 13.1. The Morgan fingerprint density at radius 3 is 2.35 bits per heavy atom. The third kappa shape index (κ3) is 3.99. The Bertz CT molecular complexity index is 494. The number of carbonyl (C=O) groups is 1. The number of benzene rings is 1. The van der Waals surface area contributed by atoms with Crippen molar-refractivity contribution in [3.8, 4) is 5.75 Å². The van der Waals surface area contributed by atoms with Gasteiger partial charge >= 0.3 is 5.97 Å². The van der Waals surface area contributed by atoms with Gasteiger partial charge in [-0.1, -0.05) is 6.92 Å². The zero-order valence-electron chi connectivity index (χ0n) is 8.96. The number of esters is 1. The van der Waals surface area contributed by atoms with Crippen LogP contribution in [-0.2, 0) is 14.9 Å². The maximum Gasteiger partial charge on any atom is 0.329 e. The van der Waals surface area contributed by atoms with Crippen LogP contribution < -0.4 is 4.74 Å². The molecule has 0 saturated carbocycles. The quantitative estimate of drug-likeness (QED) is 0.393. The van der Waals surface area contributed by atoms with Crippen LogP contribution in [-0.4, -0.2) is 24.3 Å². The van der Waals surface area contributed by atoms with Crippen LogP contribution in [0.25, 0.3) is 0 Å². The summed E-state index contributed by atoms with van der Waals surface area (Å²) in [5.74, 6) is -0.435.